The number of nitrogens with zero attached hydrogens (tertiary/aromatic N) is 2. The van der Waals surface area contributed by atoms with Crippen LogP contribution in [0.15, 0.2) is 75.9 Å². The van der Waals surface area contributed by atoms with Crippen molar-refractivity contribution in [3.63, 3.8) is 0 Å². The van der Waals surface area contributed by atoms with Gasteiger partial charge in [-0.15, -0.1) is 0 Å². The Labute approximate surface area is 140 Å². The molecule has 2 nitrogen and oxygen atoms in total. The molecule has 3 aromatic rings. The molecule has 21 heavy (non-hydrogen) atoms. The van der Waals surface area contributed by atoms with Crippen LogP contribution in [0.4, 0.5) is 0 Å². The van der Waals surface area contributed by atoms with Gasteiger partial charge in [-0.2, -0.15) is 0 Å². The van der Waals surface area contributed by atoms with Gasteiger partial charge in [0.15, 0.2) is 0 Å². The van der Waals surface area contributed by atoms with E-state index in [0.717, 1.165) is 15.0 Å². The molecule has 0 aliphatic heterocycles. The van der Waals surface area contributed by atoms with Crippen LogP contribution in [0.25, 0.3) is 0 Å². The maximum Gasteiger partial charge on any atom is 0.142 e. The van der Waals surface area contributed by atoms with Crippen LogP contribution in [0.3, 0.4) is 0 Å². The molecule has 0 saturated carbocycles. The number of halogens is 2. The van der Waals surface area contributed by atoms with E-state index in [-0.39, 0.29) is 5.92 Å². The lowest BCUT2D eigenvalue weighted by molar-refractivity contribution is 0.839. The summed E-state index contributed by atoms with van der Waals surface area (Å²) in [5, 5.41) is 0. The van der Waals surface area contributed by atoms with Crippen molar-refractivity contribution in [3.05, 3.63) is 92.9 Å². The van der Waals surface area contributed by atoms with Crippen molar-refractivity contribution in [3.8, 4) is 0 Å². The van der Waals surface area contributed by atoms with E-state index in [4.69, 9.17) is 0 Å². The second-order valence-corrected chi connectivity index (χ2v) is 6.25. The molecule has 0 saturated heterocycles. The minimum atomic E-state index is 0.0150. The van der Waals surface area contributed by atoms with Gasteiger partial charge in [-0.25, -0.2) is 9.97 Å². The number of rotatable bonds is 3. The molecule has 2 aromatic carbocycles. The van der Waals surface area contributed by atoms with Crippen LogP contribution < -0.4 is 0 Å². The molecule has 0 aliphatic carbocycles. The zero-order chi connectivity index (χ0) is 14.7. The van der Waals surface area contributed by atoms with E-state index in [1.165, 1.54) is 11.1 Å². The van der Waals surface area contributed by atoms with Gasteiger partial charge < -0.3 is 0 Å². The SMILES string of the molecule is Brc1cc(Br)nc(C(c2ccccc2)c2ccccc2)n1. The van der Waals surface area contributed by atoms with Gasteiger partial charge in [-0.3, -0.25) is 0 Å². The molecule has 4 heteroatoms. The van der Waals surface area contributed by atoms with E-state index < -0.39 is 0 Å². The Hall–Kier alpha value is -1.52. The van der Waals surface area contributed by atoms with Crippen LogP contribution in [0.5, 0.6) is 0 Å². The van der Waals surface area contributed by atoms with Crippen LogP contribution in [0.2, 0.25) is 0 Å². The largest absolute Gasteiger partial charge is 0.225 e. The summed E-state index contributed by atoms with van der Waals surface area (Å²) in [6, 6.07) is 22.5. The Morgan fingerprint density at radius 2 is 1.10 bits per heavy atom. The predicted octanol–water partition coefficient (Wildman–Crippen LogP) is 5.18. The van der Waals surface area contributed by atoms with Crippen molar-refractivity contribution in [2.45, 2.75) is 5.92 Å². The average Bonchev–Trinajstić information content (AvgIpc) is 2.49. The maximum atomic E-state index is 4.56. The second-order valence-electron chi connectivity index (χ2n) is 4.63. The minimum absolute atomic E-state index is 0.0150. The minimum Gasteiger partial charge on any atom is -0.225 e. The smallest absolute Gasteiger partial charge is 0.142 e. The van der Waals surface area contributed by atoms with E-state index in [2.05, 4.69) is 66.1 Å². The van der Waals surface area contributed by atoms with Gasteiger partial charge >= 0.3 is 0 Å². The van der Waals surface area contributed by atoms with Crippen molar-refractivity contribution in [2.24, 2.45) is 0 Å². The highest BCUT2D eigenvalue weighted by Crippen LogP contribution is 2.31. The summed E-state index contributed by atoms with van der Waals surface area (Å²) in [6.07, 6.45) is 0. The second kappa shape index (κ2) is 6.50. The summed E-state index contributed by atoms with van der Waals surface area (Å²) in [5.41, 5.74) is 2.35. The number of benzene rings is 2. The molecule has 0 atom stereocenters. The maximum absolute atomic E-state index is 4.56. The van der Waals surface area contributed by atoms with E-state index in [1.807, 2.05) is 42.5 Å². The van der Waals surface area contributed by atoms with Gasteiger partial charge in [-0.05, 0) is 43.0 Å². The molecule has 0 bridgehead atoms. The molecule has 104 valence electrons. The van der Waals surface area contributed by atoms with Crippen LogP contribution in [0.1, 0.15) is 22.9 Å². The lowest BCUT2D eigenvalue weighted by Gasteiger charge is -2.17. The summed E-state index contributed by atoms with van der Waals surface area (Å²) in [5.74, 6) is 0.787. The first-order chi connectivity index (χ1) is 10.2. The van der Waals surface area contributed by atoms with Gasteiger partial charge in [0.25, 0.3) is 0 Å². The fourth-order valence-corrected chi connectivity index (χ4v) is 3.42. The quantitative estimate of drug-likeness (QED) is 0.563. The van der Waals surface area contributed by atoms with E-state index in [0.29, 0.717) is 0 Å². The standard InChI is InChI=1S/C17H12Br2N2/c18-14-11-15(19)21-17(20-14)16(12-7-3-1-4-8-12)13-9-5-2-6-10-13/h1-11,16H. The summed E-state index contributed by atoms with van der Waals surface area (Å²) < 4.78 is 1.55. The number of aromatic nitrogens is 2. The monoisotopic (exact) mass is 402 g/mol. The molecule has 0 N–H and O–H groups in total. The van der Waals surface area contributed by atoms with Crippen molar-refractivity contribution in [2.75, 3.05) is 0 Å². The third-order valence-electron chi connectivity index (χ3n) is 3.20. The Bertz CT molecular complexity index is 671. The first kappa shape index (κ1) is 14.4. The predicted molar refractivity (Wildman–Crippen MR) is 91.3 cm³/mol. The Kier molecular flexibility index (Phi) is 4.46. The molecule has 0 amide bonds. The Morgan fingerprint density at radius 1 is 0.667 bits per heavy atom. The number of hydrogen-bond acceptors (Lipinski definition) is 2. The fraction of sp³-hybridized carbons (Fsp3) is 0.0588. The lowest BCUT2D eigenvalue weighted by atomic mass is 9.90. The molecular formula is C17H12Br2N2. The Balaban J connectivity index is 2.17. The summed E-state index contributed by atoms with van der Waals surface area (Å²) >= 11 is 6.89. The normalized spacial score (nSPS) is 10.8. The van der Waals surface area contributed by atoms with Crippen molar-refractivity contribution < 1.29 is 0 Å². The van der Waals surface area contributed by atoms with E-state index >= 15 is 0 Å². The van der Waals surface area contributed by atoms with Crippen molar-refractivity contribution in [1.82, 2.24) is 9.97 Å². The zero-order valence-corrected chi connectivity index (χ0v) is 14.3. The highest BCUT2D eigenvalue weighted by molar-refractivity contribution is 9.11. The summed E-state index contributed by atoms with van der Waals surface area (Å²) in [7, 11) is 0. The highest BCUT2D eigenvalue weighted by atomic mass is 79.9. The molecule has 0 spiro atoms. The third kappa shape index (κ3) is 3.39. The van der Waals surface area contributed by atoms with E-state index in [1.54, 1.807) is 0 Å². The molecule has 3 rings (SSSR count). The topological polar surface area (TPSA) is 25.8 Å². The van der Waals surface area contributed by atoms with Gasteiger partial charge in [0.1, 0.15) is 15.0 Å². The van der Waals surface area contributed by atoms with Gasteiger partial charge in [0.2, 0.25) is 0 Å². The summed E-state index contributed by atoms with van der Waals surface area (Å²) in [6.45, 7) is 0. The van der Waals surface area contributed by atoms with Gasteiger partial charge in [0.05, 0.1) is 5.92 Å². The molecule has 0 fully saturated rings. The van der Waals surface area contributed by atoms with Crippen LogP contribution in [-0.2, 0) is 0 Å². The molecule has 0 unspecified atom stereocenters. The van der Waals surface area contributed by atoms with Gasteiger partial charge in [0, 0.05) is 6.07 Å². The third-order valence-corrected chi connectivity index (χ3v) is 4.02. The number of hydrogen-bond donors (Lipinski definition) is 0. The summed E-state index contributed by atoms with van der Waals surface area (Å²) in [4.78, 5) is 9.13. The molecule has 0 radical (unpaired) electrons. The lowest BCUT2D eigenvalue weighted by Crippen LogP contribution is -2.08. The first-order valence-corrected chi connectivity index (χ1v) is 8.12. The van der Waals surface area contributed by atoms with Crippen molar-refractivity contribution >= 4 is 31.9 Å². The molecule has 1 aromatic heterocycles. The molecule has 1 heterocycles. The molecular weight excluding hydrogens is 392 g/mol. The Morgan fingerprint density at radius 3 is 1.52 bits per heavy atom. The van der Waals surface area contributed by atoms with Crippen molar-refractivity contribution in [1.29, 1.82) is 0 Å². The molecule has 0 aliphatic rings. The zero-order valence-electron chi connectivity index (χ0n) is 11.1. The van der Waals surface area contributed by atoms with Crippen LogP contribution in [-0.4, -0.2) is 9.97 Å². The van der Waals surface area contributed by atoms with Crippen LogP contribution in [0, 0.1) is 0 Å². The fourth-order valence-electron chi connectivity index (χ4n) is 2.32. The van der Waals surface area contributed by atoms with Gasteiger partial charge in [-0.1, -0.05) is 60.7 Å². The first-order valence-electron chi connectivity index (χ1n) is 6.54. The van der Waals surface area contributed by atoms with Crippen LogP contribution >= 0.6 is 31.9 Å². The van der Waals surface area contributed by atoms with E-state index in [9.17, 15) is 0 Å². The average molecular weight is 404 g/mol. The highest BCUT2D eigenvalue weighted by Gasteiger charge is 2.20.